The molecule has 0 saturated heterocycles. The molecule has 4 rings (SSSR count). The van der Waals surface area contributed by atoms with E-state index >= 15 is 0 Å². The number of likely N-dealkylation sites (N-methyl/N-ethyl adjacent to an activating group) is 1. The molecule has 0 fully saturated rings. The van der Waals surface area contributed by atoms with Gasteiger partial charge in [-0.2, -0.15) is 4.98 Å². The fourth-order valence-corrected chi connectivity index (χ4v) is 4.13. The summed E-state index contributed by atoms with van der Waals surface area (Å²) in [6.07, 6.45) is -5.11. The zero-order valence-corrected chi connectivity index (χ0v) is 21.5. The number of nitrogens with zero attached hydrogens (tertiary/aromatic N) is 5. The normalized spacial score (nSPS) is 15.8. The van der Waals surface area contributed by atoms with E-state index in [-0.39, 0.29) is 30.4 Å². The molecule has 3 aromatic rings. The monoisotopic (exact) mass is 537 g/mol. The summed E-state index contributed by atoms with van der Waals surface area (Å²) in [6.45, 7) is 3.30. The average Bonchev–Trinajstić information content (AvgIpc) is 3.16. The first-order valence-corrected chi connectivity index (χ1v) is 11.9. The van der Waals surface area contributed by atoms with Gasteiger partial charge in [-0.05, 0) is 50.8 Å². The number of carbonyl (C=O) groups is 1. The van der Waals surface area contributed by atoms with Crippen LogP contribution in [0.4, 0.5) is 19.0 Å². The molecule has 0 spiro atoms. The van der Waals surface area contributed by atoms with E-state index in [4.69, 9.17) is 16.3 Å². The molecule has 1 atom stereocenters. The van der Waals surface area contributed by atoms with Crippen molar-refractivity contribution >= 4 is 23.3 Å². The number of amides is 1. The summed E-state index contributed by atoms with van der Waals surface area (Å²) in [7, 11) is 5.70. The van der Waals surface area contributed by atoms with Gasteiger partial charge in [-0.1, -0.05) is 29.8 Å². The van der Waals surface area contributed by atoms with Crippen LogP contribution in [0.5, 0.6) is 17.5 Å². The minimum atomic E-state index is -4.84. The van der Waals surface area contributed by atoms with Gasteiger partial charge in [-0.15, -0.1) is 13.2 Å². The van der Waals surface area contributed by atoms with Crippen LogP contribution in [0.15, 0.2) is 48.5 Å². The second-order valence-electron chi connectivity index (χ2n) is 8.95. The second kappa shape index (κ2) is 10.5. The molecule has 1 aliphatic rings. The third kappa shape index (κ3) is 6.11. The Kier molecular flexibility index (Phi) is 7.56. The average molecular weight is 538 g/mol. The lowest BCUT2D eigenvalue weighted by Crippen LogP contribution is -2.54. The standard InChI is InChI=1S/C25H27ClF3N5O3/c1-16-32(4)22-21(23(35)33(16)13-12-31(2)3)34(15-17-8-10-18(26)11-9-17)24(30-22)36-19-6-5-7-20(14-19)37-25(27,28)29/h5-11,14,16H,12-13,15H2,1-4H3. The Morgan fingerprint density at radius 3 is 2.43 bits per heavy atom. The largest absolute Gasteiger partial charge is 0.573 e. The SMILES string of the molecule is CC1N(CCN(C)C)C(=O)c2c(nc(Oc3cccc(OC(F)(F)F)c3)n2Cc2ccc(Cl)cc2)N1C. The zero-order valence-electron chi connectivity index (χ0n) is 20.8. The number of carbonyl (C=O) groups excluding carboxylic acids is 1. The Morgan fingerprint density at radius 2 is 1.78 bits per heavy atom. The Morgan fingerprint density at radius 1 is 1.11 bits per heavy atom. The number of rotatable bonds is 8. The van der Waals surface area contributed by atoms with Crippen LogP contribution in [-0.4, -0.2) is 72.0 Å². The number of alkyl halides is 3. The van der Waals surface area contributed by atoms with Crippen LogP contribution in [0.3, 0.4) is 0 Å². The predicted octanol–water partition coefficient (Wildman–Crippen LogP) is 5.08. The molecule has 2 heterocycles. The molecule has 1 aliphatic heterocycles. The van der Waals surface area contributed by atoms with Crippen LogP contribution in [0.2, 0.25) is 5.02 Å². The molecule has 1 aromatic heterocycles. The van der Waals surface area contributed by atoms with Gasteiger partial charge < -0.3 is 24.2 Å². The lowest BCUT2D eigenvalue weighted by Gasteiger charge is -2.40. The van der Waals surface area contributed by atoms with Crippen molar-refractivity contribution in [2.45, 2.75) is 26.0 Å². The molecule has 0 saturated carbocycles. The molecular formula is C25H27ClF3N5O3. The van der Waals surface area contributed by atoms with Crippen molar-refractivity contribution in [3.05, 3.63) is 64.8 Å². The third-order valence-corrected chi connectivity index (χ3v) is 6.27. The number of hydrogen-bond donors (Lipinski definition) is 0. The summed E-state index contributed by atoms with van der Waals surface area (Å²) in [5.41, 5.74) is 1.16. The van der Waals surface area contributed by atoms with Crippen molar-refractivity contribution in [1.82, 2.24) is 19.4 Å². The highest BCUT2D eigenvalue weighted by Gasteiger charge is 2.39. The topological polar surface area (TPSA) is 63.1 Å². The van der Waals surface area contributed by atoms with Crippen LogP contribution in [0.1, 0.15) is 23.0 Å². The van der Waals surface area contributed by atoms with Crippen molar-refractivity contribution in [2.24, 2.45) is 0 Å². The van der Waals surface area contributed by atoms with Gasteiger partial charge in [0.1, 0.15) is 17.7 Å². The Hall–Kier alpha value is -3.44. The number of imidazole rings is 1. The van der Waals surface area contributed by atoms with Gasteiger partial charge in [-0.25, -0.2) is 0 Å². The van der Waals surface area contributed by atoms with E-state index in [1.54, 1.807) is 21.6 Å². The van der Waals surface area contributed by atoms with E-state index in [1.807, 2.05) is 50.0 Å². The molecule has 0 bridgehead atoms. The lowest BCUT2D eigenvalue weighted by molar-refractivity contribution is -0.274. The number of benzene rings is 2. The molecular weight excluding hydrogens is 511 g/mol. The summed E-state index contributed by atoms with van der Waals surface area (Å²) in [5, 5.41) is 0.564. The van der Waals surface area contributed by atoms with Crippen LogP contribution < -0.4 is 14.4 Å². The molecule has 1 amide bonds. The summed E-state index contributed by atoms with van der Waals surface area (Å²) in [4.78, 5) is 23.9. The minimum absolute atomic E-state index is 0.0611. The van der Waals surface area contributed by atoms with Crippen LogP contribution in [-0.2, 0) is 6.54 Å². The van der Waals surface area contributed by atoms with E-state index in [9.17, 15) is 18.0 Å². The van der Waals surface area contributed by atoms with Gasteiger partial charge in [0.05, 0.1) is 6.54 Å². The molecule has 12 heteroatoms. The first-order valence-electron chi connectivity index (χ1n) is 11.5. The number of ether oxygens (including phenoxy) is 2. The van der Waals surface area contributed by atoms with E-state index in [0.29, 0.717) is 29.6 Å². The van der Waals surface area contributed by atoms with Gasteiger partial charge in [0.15, 0.2) is 11.5 Å². The molecule has 0 aliphatic carbocycles. The summed E-state index contributed by atoms with van der Waals surface area (Å²) in [5.74, 6) is -0.144. The molecule has 0 N–H and O–H groups in total. The number of halogens is 4. The third-order valence-electron chi connectivity index (χ3n) is 6.01. The van der Waals surface area contributed by atoms with Crippen LogP contribution in [0.25, 0.3) is 0 Å². The first-order chi connectivity index (χ1) is 17.4. The van der Waals surface area contributed by atoms with Crippen molar-refractivity contribution in [2.75, 3.05) is 39.1 Å². The van der Waals surface area contributed by atoms with Crippen LogP contribution >= 0.6 is 11.6 Å². The van der Waals surface area contributed by atoms with E-state index in [2.05, 4.69) is 9.72 Å². The molecule has 8 nitrogen and oxygen atoms in total. The second-order valence-corrected chi connectivity index (χ2v) is 9.38. The maximum Gasteiger partial charge on any atom is 0.573 e. The maximum atomic E-state index is 13.7. The van der Waals surface area contributed by atoms with Crippen molar-refractivity contribution in [3.8, 4) is 17.5 Å². The van der Waals surface area contributed by atoms with Crippen molar-refractivity contribution in [3.63, 3.8) is 0 Å². The Bertz CT molecular complexity index is 1260. The van der Waals surface area contributed by atoms with Crippen molar-refractivity contribution in [1.29, 1.82) is 0 Å². The summed E-state index contributed by atoms with van der Waals surface area (Å²) >= 11 is 6.04. The smallest absolute Gasteiger partial charge is 0.425 e. The van der Waals surface area contributed by atoms with Crippen molar-refractivity contribution < 1.29 is 27.4 Å². The fraction of sp³-hybridized carbons (Fsp3) is 0.360. The Labute approximate surface area is 217 Å². The summed E-state index contributed by atoms with van der Waals surface area (Å²) < 4.78 is 49.8. The quantitative estimate of drug-likeness (QED) is 0.399. The number of aromatic nitrogens is 2. The molecule has 0 radical (unpaired) electrons. The van der Waals surface area contributed by atoms with Gasteiger partial charge in [0.25, 0.3) is 5.91 Å². The van der Waals surface area contributed by atoms with E-state index in [1.165, 1.54) is 18.2 Å². The zero-order chi connectivity index (χ0) is 26.9. The first kappa shape index (κ1) is 26.6. The summed E-state index contributed by atoms with van der Waals surface area (Å²) in [6, 6.07) is 12.3. The van der Waals surface area contributed by atoms with Crippen LogP contribution in [0, 0.1) is 0 Å². The highest BCUT2D eigenvalue weighted by Crippen LogP contribution is 2.36. The van der Waals surface area contributed by atoms with Gasteiger partial charge in [0, 0.05) is 31.2 Å². The fourth-order valence-electron chi connectivity index (χ4n) is 4.00. The lowest BCUT2D eigenvalue weighted by atomic mass is 10.2. The highest BCUT2D eigenvalue weighted by atomic mass is 35.5. The maximum absolute atomic E-state index is 13.7. The minimum Gasteiger partial charge on any atom is -0.425 e. The van der Waals surface area contributed by atoms with Gasteiger partial charge in [-0.3, -0.25) is 9.36 Å². The van der Waals surface area contributed by atoms with E-state index < -0.39 is 12.1 Å². The van der Waals surface area contributed by atoms with Gasteiger partial charge in [0.2, 0.25) is 0 Å². The molecule has 198 valence electrons. The number of fused-ring (bicyclic) bond motifs is 1. The molecule has 1 unspecified atom stereocenters. The number of anilines is 1. The van der Waals surface area contributed by atoms with E-state index in [0.717, 1.165) is 11.6 Å². The molecule has 37 heavy (non-hydrogen) atoms. The predicted molar refractivity (Wildman–Crippen MR) is 133 cm³/mol. The van der Waals surface area contributed by atoms with Gasteiger partial charge >= 0.3 is 12.4 Å². The molecule has 2 aromatic carbocycles. The highest BCUT2D eigenvalue weighted by molar-refractivity contribution is 6.30. The number of hydrogen-bond acceptors (Lipinski definition) is 6. The Balaban J connectivity index is 1.76.